The third-order valence-electron chi connectivity index (χ3n) is 9.79. The first-order chi connectivity index (χ1) is 24.7. The van der Waals surface area contributed by atoms with Crippen molar-refractivity contribution in [3.63, 3.8) is 0 Å². The number of aromatic nitrogens is 4. The summed E-state index contributed by atoms with van der Waals surface area (Å²) in [5.41, 5.74) is 12.3. The second-order valence-electron chi connectivity index (χ2n) is 12.8. The van der Waals surface area contributed by atoms with Crippen LogP contribution in [0.15, 0.2) is 168 Å². The Morgan fingerprint density at radius 3 is 1.34 bits per heavy atom. The quantitative estimate of drug-likeness (QED) is 0.188. The van der Waals surface area contributed by atoms with Crippen molar-refractivity contribution < 1.29 is 4.42 Å². The average Bonchev–Trinajstić information content (AvgIpc) is 3.88. The SMILES string of the molecule is Cc1ccc(-c2nnc(-c3ccc(-n4c5ccccc5c5cc(-c6ccc7c(c6)c6ccccc6n7-c6ccccc6)ccc54)cc3)o2)cc1. The monoisotopic (exact) mass is 642 g/mol. The molecule has 236 valence electrons. The van der Waals surface area contributed by atoms with Gasteiger partial charge in [0.2, 0.25) is 11.8 Å². The topological polar surface area (TPSA) is 48.8 Å². The van der Waals surface area contributed by atoms with Crippen LogP contribution in [-0.4, -0.2) is 19.3 Å². The molecule has 0 N–H and O–H groups in total. The van der Waals surface area contributed by atoms with Gasteiger partial charge in [-0.1, -0.05) is 84.4 Å². The summed E-state index contributed by atoms with van der Waals surface area (Å²) < 4.78 is 10.8. The van der Waals surface area contributed by atoms with Gasteiger partial charge in [-0.25, -0.2) is 0 Å². The summed E-state index contributed by atoms with van der Waals surface area (Å²) in [5.74, 6) is 1.02. The Bertz CT molecular complexity index is 2860. The smallest absolute Gasteiger partial charge is 0.248 e. The number of aryl methyl sites for hydroxylation is 1. The highest BCUT2D eigenvalue weighted by Crippen LogP contribution is 2.38. The van der Waals surface area contributed by atoms with E-state index in [2.05, 4.69) is 166 Å². The zero-order chi connectivity index (χ0) is 33.2. The Morgan fingerprint density at radius 2 is 0.800 bits per heavy atom. The fourth-order valence-electron chi connectivity index (χ4n) is 7.34. The molecule has 0 saturated carbocycles. The number of benzene rings is 7. The zero-order valence-electron chi connectivity index (χ0n) is 27.3. The van der Waals surface area contributed by atoms with Gasteiger partial charge in [0.15, 0.2) is 0 Å². The fourth-order valence-corrected chi connectivity index (χ4v) is 7.34. The van der Waals surface area contributed by atoms with E-state index >= 15 is 0 Å². The summed E-state index contributed by atoms with van der Waals surface area (Å²) in [6.07, 6.45) is 0. The van der Waals surface area contributed by atoms with E-state index in [0.29, 0.717) is 11.8 Å². The van der Waals surface area contributed by atoms with Gasteiger partial charge in [0.05, 0.1) is 22.1 Å². The highest BCUT2D eigenvalue weighted by atomic mass is 16.4. The van der Waals surface area contributed by atoms with Crippen molar-refractivity contribution in [2.45, 2.75) is 6.92 Å². The minimum Gasteiger partial charge on any atom is -0.416 e. The number of rotatable bonds is 5. The van der Waals surface area contributed by atoms with E-state index in [4.69, 9.17) is 4.42 Å². The minimum atomic E-state index is 0.503. The van der Waals surface area contributed by atoms with Crippen LogP contribution in [0.5, 0.6) is 0 Å². The van der Waals surface area contributed by atoms with Crippen molar-refractivity contribution >= 4 is 43.6 Å². The molecule has 0 bridgehead atoms. The van der Waals surface area contributed by atoms with Gasteiger partial charge < -0.3 is 13.6 Å². The van der Waals surface area contributed by atoms with Crippen LogP contribution in [-0.2, 0) is 0 Å². The van der Waals surface area contributed by atoms with E-state index in [1.54, 1.807) is 0 Å². The average molecular weight is 643 g/mol. The lowest BCUT2D eigenvalue weighted by molar-refractivity contribution is 0.584. The largest absolute Gasteiger partial charge is 0.416 e. The van der Waals surface area contributed by atoms with Crippen molar-refractivity contribution in [1.82, 2.24) is 19.3 Å². The van der Waals surface area contributed by atoms with E-state index in [1.165, 1.54) is 49.3 Å². The standard InChI is InChI=1S/C45H30N4O/c1-29-15-17-30(18-16-29)44-46-47-45(50-44)31-19-23-35(24-20-31)49-41-14-8-6-12-37(41)39-28-33(22-26-43(39)49)32-21-25-42-38(27-32)36-11-5-7-13-40(36)48(42)34-9-3-2-4-10-34/h2-28H,1H3. The first-order valence-corrected chi connectivity index (χ1v) is 16.8. The third-order valence-corrected chi connectivity index (χ3v) is 9.79. The fraction of sp³-hybridized carbons (Fsp3) is 0.0222. The van der Waals surface area contributed by atoms with Gasteiger partial charge in [0.1, 0.15) is 0 Å². The summed E-state index contributed by atoms with van der Waals surface area (Å²) in [6.45, 7) is 2.06. The van der Waals surface area contributed by atoms with Gasteiger partial charge in [-0.2, -0.15) is 0 Å². The van der Waals surface area contributed by atoms with Crippen LogP contribution in [0.1, 0.15) is 5.56 Å². The van der Waals surface area contributed by atoms with Gasteiger partial charge >= 0.3 is 0 Å². The second-order valence-corrected chi connectivity index (χ2v) is 12.8. The Hall–Kier alpha value is -6.72. The number of para-hydroxylation sites is 3. The predicted molar refractivity (Wildman–Crippen MR) is 204 cm³/mol. The highest BCUT2D eigenvalue weighted by Gasteiger charge is 2.17. The highest BCUT2D eigenvalue weighted by molar-refractivity contribution is 6.12. The minimum absolute atomic E-state index is 0.503. The molecule has 3 heterocycles. The van der Waals surface area contributed by atoms with Crippen molar-refractivity contribution in [1.29, 1.82) is 0 Å². The molecule has 7 aromatic carbocycles. The van der Waals surface area contributed by atoms with E-state index in [-0.39, 0.29) is 0 Å². The summed E-state index contributed by atoms with van der Waals surface area (Å²) >= 11 is 0. The van der Waals surface area contributed by atoms with Gasteiger partial charge in [0.25, 0.3) is 0 Å². The molecule has 0 fully saturated rings. The normalized spacial score (nSPS) is 11.7. The van der Waals surface area contributed by atoms with Gasteiger partial charge in [0, 0.05) is 44.0 Å². The van der Waals surface area contributed by atoms with E-state index in [1.807, 2.05) is 24.3 Å². The predicted octanol–water partition coefficient (Wildman–Crippen LogP) is 11.6. The van der Waals surface area contributed by atoms with Crippen LogP contribution in [0.2, 0.25) is 0 Å². The molecule has 0 radical (unpaired) electrons. The molecule has 0 spiro atoms. The molecular weight excluding hydrogens is 613 g/mol. The first kappa shape index (κ1) is 28.3. The molecule has 0 aliphatic rings. The molecule has 0 unspecified atom stereocenters. The zero-order valence-corrected chi connectivity index (χ0v) is 27.3. The van der Waals surface area contributed by atoms with E-state index < -0.39 is 0 Å². The maximum atomic E-state index is 6.07. The molecular formula is C45H30N4O. The maximum absolute atomic E-state index is 6.07. The molecule has 0 atom stereocenters. The third kappa shape index (κ3) is 4.48. The van der Waals surface area contributed by atoms with Crippen molar-refractivity contribution in [3.8, 4) is 45.4 Å². The Morgan fingerprint density at radius 1 is 0.380 bits per heavy atom. The molecule has 3 aromatic heterocycles. The summed E-state index contributed by atoms with van der Waals surface area (Å²) in [7, 11) is 0. The van der Waals surface area contributed by atoms with Gasteiger partial charge in [-0.15, -0.1) is 10.2 Å². The molecule has 10 aromatic rings. The number of hydrogen-bond acceptors (Lipinski definition) is 3. The molecule has 0 amide bonds. The Balaban J connectivity index is 1.05. The molecule has 5 heteroatoms. The van der Waals surface area contributed by atoms with Crippen molar-refractivity contribution in [2.24, 2.45) is 0 Å². The maximum Gasteiger partial charge on any atom is 0.248 e. The van der Waals surface area contributed by atoms with Crippen LogP contribution < -0.4 is 0 Å². The summed E-state index contributed by atoms with van der Waals surface area (Å²) in [5, 5.41) is 13.6. The van der Waals surface area contributed by atoms with Gasteiger partial charge in [-0.05, 0) is 103 Å². The molecule has 50 heavy (non-hydrogen) atoms. The van der Waals surface area contributed by atoms with Crippen LogP contribution in [0.25, 0.3) is 89.0 Å². The Labute approximate surface area is 288 Å². The molecule has 0 saturated heterocycles. The lowest BCUT2D eigenvalue weighted by Crippen LogP contribution is -1.94. The van der Waals surface area contributed by atoms with E-state index in [9.17, 15) is 0 Å². The van der Waals surface area contributed by atoms with Gasteiger partial charge in [-0.3, -0.25) is 0 Å². The molecule has 5 nitrogen and oxygen atoms in total. The van der Waals surface area contributed by atoms with Crippen LogP contribution in [0.4, 0.5) is 0 Å². The molecule has 0 aliphatic heterocycles. The van der Waals surface area contributed by atoms with Crippen molar-refractivity contribution in [3.05, 3.63) is 169 Å². The van der Waals surface area contributed by atoms with Crippen LogP contribution >= 0.6 is 0 Å². The number of nitrogens with zero attached hydrogens (tertiary/aromatic N) is 4. The Kier molecular flexibility index (Phi) is 6.33. The summed E-state index contributed by atoms with van der Waals surface area (Å²) in [6, 6.07) is 58.1. The molecule has 10 rings (SSSR count). The summed E-state index contributed by atoms with van der Waals surface area (Å²) in [4.78, 5) is 0. The van der Waals surface area contributed by atoms with Crippen molar-refractivity contribution in [2.75, 3.05) is 0 Å². The number of hydrogen-bond donors (Lipinski definition) is 0. The van der Waals surface area contributed by atoms with Crippen LogP contribution in [0.3, 0.4) is 0 Å². The lowest BCUT2D eigenvalue weighted by atomic mass is 10.0. The lowest BCUT2D eigenvalue weighted by Gasteiger charge is -2.09. The van der Waals surface area contributed by atoms with E-state index in [0.717, 1.165) is 33.5 Å². The second kappa shape index (κ2) is 11.2. The van der Waals surface area contributed by atoms with Crippen LogP contribution in [0, 0.1) is 6.92 Å². The number of fused-ring (bicyclic) bond motifs is 6. The first-order valence-electron chi connectivity index (χ1n) is 16.8. The molecule has 0 aliphatic carbocycles.